The molecule has 0 fully saturated rings. The molecule has 0 unspecified atom stereocenters. The van der Waals surface area contributed by atoms with Gasteiger partial charge in [-0.1, -0.05) is 0 Å². The highest BCUT2D eigenvalue weighted by atomic mass is 32.1. The summed E-state index contributed by atoms with van der Waals surface area (Å²) in [5.74, 6) is 0.227. The average molecular weight is 236 g/mol. The van der Waals surface area contributed by atoms with E-state index in [-0.39, 0.29) is 5.91 Å². The molecule has 0 saturated heterocycles. The molecule has 2 aromatic heterocycles. The van der Waals surface area contributed by atoms with Gasteiger partial charge in [0.25, 0.3) is 5.91 Å². The number of carbonyl (C=O) groups excluding carboxylic acids is 1. The Kier molecular flexibility index (Phi) is 3.05. The van der Waals surface area contributed by atoms with E-state index < -0.39 is 0 Å². The Morgan fingerprint density at radius 1 is 1.62 bits per heavy atom. The topological polar surface area (TPSA) is 46.3 Å². The summed E-state index contributed by atoms with van der Waals surface area (Å²) in [5.41, 5.74) is 0.907. The Morgan fingerprint density at radius 3 is 3.00 bits per heavy atom. The van der Waals surface area contributed by atoms with Crippen molar-refractivity contribution in [3.8, 4) is 0 Å². The minimum atomic E-state index is -0.129. The number of hydrogen-bond donors (Lipinski definition) is 0. The molecular weight excluding hydrogens is 224 g/mol. The van der Waals surface area contributed by atoms with Gasteiger partial charge in [0, 0.05) is 12.4 Å². The van der Waals surface area contributed by atoms with Crippen molar-refractivity contribution in [2.75, 3.05) is 7.05 Å². The van der Waals surface area contributed by atoms with Crippen molar-refractivity contribution in [1.82, 2.24) is 9.88 Å². The smallest absolute Gasteiger partial charge is 0.289 e. The standard InChI is InChI=1S/C11H12N2O2S/c1-8-12-9(7-16-8)6-13(2)11(14)10-4-3-5-15-10/h3-5,7H,6H2,1-2H3. The first-order valence-electron chi connectivity index (χ1n) is 4.87. The molecule has 1 amide bonds. The van der Waals surface area contributed by atoms with E-state index in [0.717, 1.165) is 10.7 Å². The molecule has 0 aliphatic heterocycles. The normalized spacial score (nSPS) is 10.4. The van der Waals surface area contributed by atoms with E-state index in [1.807, 2.05) is 12.3 Å². The number of thiazole rings is 1. The van der Waals surface area contributed by atoms with Crippen LogP contribution in [0, 0.1) is 6.92 Å². The van der Waals surface area contributed by atoms with Crippen molar-refractivity contribution in [2.45, 2.75) is 13.5 Å². The van der Waals surface area contributed by atoms with Crippen molar-refractivity contribution < 1.29 is 9.21 Å². The van der Waals surface area contributed by atoms with Gasteiger partial charge in [-0.25, -0.2) is 4.98 Å². The van der Waals surface area contributed by atoms with Crippen molar-refractivity contribution >= 4 is 17.2 Å². The molecule has 0 spiro atoms. The molecule has 0 aliphatic rings. The van der Waals surface area contributed by atoms with Crippen molar-refractivity contribution in [3.63, 3.8) is 0 Å². The van der Waals surface area contributed by atoms with Gasteiger partial charge in [-0.05, 0) is 19.1 Å². The number of nitrogens with zero attached hydrogens (tertiary/aromatic N) is 2. The second-order valence-corrected chi connectivity index (χ2v) is 4.56. The molecular formula is C11H12N2O2S. The van der Waals surface area contributed by atoms with Gasteiger partial charge >= 0.3 is 0 Å². The van der Waals surface area contributed by atoms with E-state index >= 15 is 0 Å². The maximum Gasteiger partial charge on any atom is 0.289 e. The van der Waals surface area contributed by atoms with E-state index in [4.69, 9.17) is 4.42 Å². The largest absolute Gasteiger partial charge is 0.459 e. The Morgan fingerprint density at radius 2 is 2.44 bits per heavy atom. The molecule has 2 rings (SSSR count). The first-order chi connectivity index (χ1) is 7.66. The summed E-state index contributed by atoms with van der Waals surface area (Å²) in [6.45, 7) is 2.45. The van der Waals surface area contributed by atoms with Crippen LogP contribution in [0.5, 0.6) is 0 Å². The van der Waals surface area contributed by atoms with E-state index in [2.05, 4.69) is 4.98 Å². The molecule has 2 aromatic rings. The molecule has 0 aliphatic carbocycles. The van der Waals surface area contributed by atoms with Crippen LogP contribution in [0.4, 0.5) is 0 Å². The molecule has 0 bridgehead atoms. The third-order valence-electron chi connectivity index (χ3n) is 2.14. The predicted octanol–water partition coefficient (Wildman–Crippen LogP) is 2.32. The first kappa shape index (κ1) is 10.9. The third-order valence-corrected chi connectivity index (χ3v) is 2.97. The van der Waals surface area contributed by atoms with Gasteiger partial charge in [-0.15, -0.1) is 11.3 Å². The second kappa shape index (κ2) is 4.49. The van der Waals surface area contributed by atoms with Gasteiger partial charge in [-0.2, -0.15) is 0 Å². The quantitative estimate of drug-likeness (QED) is 0.821. The summed E-state index contributed by atoms with van der Waals surface area (Å²) in [4.78, 5) is 17.7. The molecule has 5 heteroatoms. The molecule has 16 heavy (non-hydrogen) atoms. The lowest BCUT2D eigenvalue weighted by Gasteiger charge is -2.13. The summed E-state index contributed by atoms with van der Waals surface area (Å²) >= 11 is 1.58. The van der Waals surface area contributed by atoms with Gasteiger partial charge in [0.2, 0.25) is 0 Å². The Hall–Kier alpha value is -1.62. The Labute approximate surface area is 97.5 Å². The lowest BCUT2D eigenvalue weighted by molar-refractivity contribution is 0.0752. The van der Waals surface area contributed by atoms with Crippen LogP contribution in [0.3, 0.4) is 0 Å². The zero-order valence-corrected chi connectivity index (χ0v) is 9.95. The zero-order chi connectivity index (χ0) is 11.5. The van der Waals surface area contributed by atoms with E-state index in [0.29, 0.717) is 12.3 Å². The predicted molar refractivity (Wildman–Crippen MR) is 61.4 cm³/mol. The number of carbonyl (C=O) groups is 1. The summed E-state index contributed by atoms with van der Waals surface area (Å²) in [7, 11) is 1.74. The van der Waals surface area contributed by atoms with Crippen LogP contribution >= 0.6 is 11.3 Å². The van der Waals surface area contributed by atoms with E-state index in [1.54, 1.807) is 35.4 Å². The molecule has 0 N–H and O–H groups in total. The molecule has 84 valence electrons. The van der Waals surface area contributed by atoms with Gasteiger partial charge in [-0.3, -0.25) is 4.79 Å². The molecule has 2 heterocycles. The second-order valence-electron chi connectivity index (χ2n) is 3.50. The van der Waals surface area contributed by atoms with Crippen LogP contribution in [-0.2, 0) is 6.54 Å². The first-order valence-corrected chi connectivity index (χ1v) is 5.75. The minimum absolute atomic E-state index is 0.129. The summed E-state index contributed by atoms with van der Waals surface area (Å²) < 4.78 is 5.05. The summed E-state index contributed by atoms with van der Waals surface area (Å²) in [6, 6.07) is 3.36. The van der Waals surface area contributed by atoms with Crippen molar-refractivity contribution in [1.29, 1.82) is 0 Å². The van der Waals surface area contributed by atoms with Crippen LogP contribution in [-0.4, -0.2) is 22.8 Å². The highest BCUT2D eigenvalue weighted by molar-refractivity contribution is 7.09. The summed E-state index contributed by atoms with van der Waals surface area (Å²) in [5, 5.41) is 2.97. The number of rotatable bonds is 3. The monoisotopic (exact) mass is 236 g/mol. The fraction of sp³-hybridized carbons (Fsp3) is 0.273. The molecule has 0 atom stereocenters. The number of furan rings is 1. The highest BCUT2D eigenvalue weighted by Crippen LogP contribution is 2.11. The van der Waals surface area contributed by atoms with Crippen LogP contribution in [0.1, 0.15) is 21.3 Å². The average Bonchev–Trinajstić information content (AvgIpc) is 2.88. The number of aromatic nitrogens is 1. The van der Waals surface area contributed by atoms with Gasteiger partial charge in [0.1, 0.15) is 0 Å². The van der Waals surface area contributed by atoms with Crippen molar-refractivity contribution in [3.05, 3.63) is 40.2 Å². The minimum Gasteiger partial charge on any atom is -0.459 e. The molecule has 0 radical (unpaired) electrons. The van der Waals surface area contributed by atoms with E-state index in [9.17, 15) is 4.79 Å². The van der Waals surface area contributed by atoms with Gasteiger partial charge < -0.3 is 9.32 Å². The van der Waals surface area contributed by atoms with Crippen LogP contribution in [0.15, 0.2) is 28.2 Å². The van der Waals surface area contributed by atoms with Crippen LogP contribution in [0.25, 0.3) is 0 Å². The fourth-order valence-electron chi connectivity index (χ4n) is 1.38. The number of hydrogen-bond acceptors (Lipinski definition) is 4. The maximum absolute atomic E-state index is 11.8. The third kappa shape index (κ3) is 2.30. The Balaban J connectivity index is 2.03. The van der Waals surface area contributed by atoms with E-state index in [1.165, 1.54) is 6.26 Å². The SMILES string of the molecule is Cc1nc(CN(C)C(=O)c2ccco2)cs1. The molecule has 4 nitrogen and oxygen atoms in total. The summed E-state index contributed by atoms with van der Waals surface area (Å²) in [6.07, 6.45) is 1.49. The maximum atomic E-state index is 11.8. The van der Waals surface area contributed by atoms with Crippen LogP contribution < -0.4 is 0 Å². The van der Waals surface area contributed by atoms with Crippen LogP contribution in [0.2, 0.25) is 0 Å². The molecule has 0 aromatic carbocycles. The van der Waals surface area contributed by atoms with Crippen molar-refractivity contribution in [2.24, 2.45) is 0 Å². The zero-order valence-electron chi connectivity index (χ0n) is 9.14. The lowest BCUT2D eigenvalue weighted by atomic mass is 10.3. The highest BCUT2D eigenvalue weighted by Gasteiger charge is 2.15. The van der Waals surface area contributed by atoms with Gasteiger partial charge in [0.15, 0.2) is 5.76 Å². The number of amides is 1. The lowest BCUT2D eigenvalue weighted by Crippen LogP contribution is -2.25. The van der Waals surface area contributed by atoms with Gasteiger partial charge in [0.05, 0.1) is 23.5 Å². The number of aryl methyl sites for hydroxylation is 1. The Bertz CT molecular complexity index is 476. The fourth-order valence-corrected chi connectivity index (χ4v) is 1.99. The molecule has 0 saturated carbocycles.